The fourth-order valence-electron chi connectivity index (χ4n) is 2.07. The van der Waals surface area contributed by atoms with Crippen molar-refractivity contribution in [2.75, 3.05) is 18.0 Å². The van der Waals surface area contributed by atoms with Crippen molar-refractivity contribution in [2.24, 2.45) is 5.92 Å². The number of aliphatic hydroxyl groups is 1. The number of anilines is 1. The summed E-state index contributed by atoms with van der Waals surface area (Å²) in [6, 6.07) is 0. The highest BCUT2D eigenvalue weighted by Crippen LogP contribution is 2.42. The molecule has 88 valence electrons. The molecule has 0 spiro atoms. The average Bonchev–Trinajstić information content (AvgIpc) is 3.01. The lowest BCUT2D eigenvalue weighted by molar-refractivity contribution is 0.103. The molecule has 2 atom stereocenters. The predicted molar refractivity (Wildman–Crippen MR) is 63.9 cm³/mol. The third-order valence-electron chi connectivity index (χ3n) is 3.55. The van der Waals surface area contributed by atoms with Crippen LogP contribution in [0.4, 0.5) is 5.13 Å². The summed E-state index contributed by atoms with van der Waals surface area (Å²) in [5, 5.41) is 20.5. The van der Waals surface area contributed by atoms with Gasteiger partial charge in [-0.2, -0.15) is 0 Å². The number of hydrogen-bond donors (Lipinski definition) is 1. The summed E-state index contributed by atoms with van der Waals surface area (Å²) in [5.74, 6) is 1.09. The highest BCUT2D eigenvalue weighted by atomic mass is 32.1. The van der Waals surface area contributed by atoms with Gasteiger partial charge in [-0.3, -0.25) is 0 Å². The summed E-state index contributed by atoms with van der Waals surface area (Å²) >= 11 is 1.71. The molecular formula is C11H17N3OS. The van der Waals surface area contributed by atoms with Crippen LogP contribution in [0.3, 0.4) is 0 Å². The quantitative estimate of drug-likeness (QED) is 0.852. The van der Waals surface area contributed by atoms with E-state index in [1.165, 1.54) is 17.8 Å². The predicted octanol–water partition coefficient (Wildman–Crippen LogP) is 1.62. The van der Waals surface area contributed by atoms with E-state index in [1.807, 2.05) is 0 Å². The molecule has 2 aliphatic rings. The minimum Gasteiger partial charge on any atom is -0.391 e. The summed E-state index contributed by atoms with van der Waals surface area (Å²) in [7, 11) is 0. The van der Waals surface area contributed by atoms with Crippen molar-refractivity contribution in [3.05, 3.63) is 5.01 Å². The Morgan fingerprint density at radius 3 is 2.81 bits per heavy atom. The van der Waals surface area contributed by atoms with Gasteiger partial charge < -0.3 is 10.0 Å². The first-order valence-electron chi connectivity index (χ1n) is 6.00. The second-order valence-electron chi connectivity index (χ2n) is 4.98. The van der Waals surface area contributed by atoms with E-state index < -0.39 is 0 Å². The first-order valence-corrected chi connectivity index (χ1v) is 6.82. The van der Waals surface area contributed by atoms with E-state index in [-0.39, 0.29) is 6.10 Å². The van der Waals surface area contributed by atoms with E-state index in [9.17, 15) is 5.11 Å². The Kier molecular flexibility index (Phi) is 2.59. The van der Waals surface area contributed by atoms with Crippen molar-refractivity contribution < 1.29 is 5.11 Å². The van der Waals surface area contributed by atoms with Gasteiger partial charge in [0.05, 0.1) is 6.10 Å². The maximum atomic E-state index is 9.85. The molecule has 1 N–H and O–H groups in total. The van der Waals surface area contributed by atoms with Crippen LogP contribution in [0.5, 0.6) is 0 Å². The summed E-state index contributed by atoms with van der Waals surface area (Å²) < 4.78 is 0. The zero-order valence-electron chi connectivity index (χ0n) is 9.46. The number of β-amino-alcohol motifs (C(OH)–C–C–N with tert-alkyl or cyclic N) is 1. The van der Waals surface area contributed by atoms with Crippen LogP contribution in [-0.2, 0) is 0 Å². The Bertz CT molecular complexity index is 377. The van der Waals surface area contributed by atoms with Crippen molar-refractivity contribution in [3.63, 3.8) is 0 Å². The van der Waals surface area contributed by atoms with E-state index >= 15 is 0 Å². The van der Waals surface area contributed by atoms with E-state index in [4.69, 9.17) is 0 Å². The number of hydrogen-bond acceptors (Lipinski definition) is 5. The Morgan fingerprint density at radius 2 is 2.12 bits per heavy atom. The molecule has 3 rings (SSSR count). The van der Waals surface area contributed by atoms with Crippen molar-refractivity contribution in [3.8, 4) is 0 Å². The molecule has 16 heavy (non-hydrogen) atoms. The molecule has 4 nitrogen and oxygen atoms in total. The summed E-state index contributed by atoms with van der Waals surface area (Å²) in [6.07, 6.45) is 3.37. The summed E-state index contributed by atoms with van der Waals surface area (Å²) in [4.78, 5) is 2.17. The SMILES string of the molecule is CC1CCN(c2nnc(C3CC3)s2)CC1O. The highest BCUT2D eigenvalue weighted by molar-refractivity contribution is 7.15. The molecule has 1 aliphatic carbocycles. The number of aromatic nitrogens is 2. The molecule has 0 aromatic carbocycles. The molecule has 2 heterocycles. The fraction of sp³-hybridized carbons (Fsp3) is 0.818. The Balaban J connectivity index is 1.71. The second kappa shape index (κ2) is 3.96. The molecule has 0 radical (unpaired) electrons. The number of aliphatic hydroxyl groups excluding tert-OH is 1. The standard InChI is InChI=1S/C11H17N3OS/c1-7-4-5-14(6-9(7)15)11-13-12-10(16-11)8-2-3-8/h7-9,15H,2-6H2,1H3. The van der Waals surface area contributed by atoms with Gasteiger partial charge in [-0.05, 0) is 25.2 Å². The van der Waals surface area contributed by atoms with Crippen LogP contribution in [0.15, 0.2) is 0 Å². The van der Waals surface area contributed by atoms with Crippen molar-refractivity contribution in [1.29, 1.82) is 0 Å². The molecular weight excluding hydrogens is 222 g/mol. The number of nitrogens with zero attached hydrogens (tertiary/aromatic N) is 3. The van der Waals surface area contributed by atoms with Gasteiger partial charge in [0.1, 0.15) is 5.01 Å². The first kappa shape index (κ1) is 10.5. The van der Waals surface area contributed by atoms with Gasteiger partial charge in [-0.25, -0.2) is 0 Å². The average molecular weight is 239 g/mol. The van der Waals surface area contributed by atoms with E-state index in [0.29, 0.717) is 18.4 Å². The van der Waals surface area contributed by atoms with Crippen LogP contribution in [0, 0.1) is 5.92 Å². The van der Waals surface area contributed by atoms with Gasteiger partial charge >= 0.3 is 0 Å². The molecule has 2 unspecified atom stereocenters. The van der Waals surface area contributed by atoms with Gasteiger partial charge in [0.2, 0.25) is 5.13 Å². The van der Waals surface area contributed by atoms with Crippen LogP contribution in [0.1, 0.15) is 37.1 Å². The van der Waals surface area contributed by atoms with Gasteiger partial charge in [-0.1, -0.05) is 18.3 Å². The number of piperidine rings is 1. The van der Waals surface area contributed by atoms with Crippen molar-refractivity contribution >= 4 is 16.5 Å². The topological polar surface area (TPSA) is 49.2 Å². The normalized spacial score (nSPS) is 30.8. The zero-order valence-corrected chi connectivity index (χ0v) is 10.3. The fourth-order valence-corrected chi connectivity index (χ4v) is 3.12. The summed E-state index contributed by atoms with van der Waals surface area (Å²) in [5.41, 5.74) is 0. The van der Waals surface area contributed by atoms with Crippen molar-refractivity contribution in [1.82, 2.24) is 10.2 Å². The van der Waals surface area contributed by atoms with Crippen LogP contribution < -0.4 is 4.90 Å². The monoisotopic (exact) mass is 239 g/mol. The third-order valence-corrected chi connectivity index (χ3v) is 4.69. The van der Waals surface area contributed by atoms with Gasteiger partial charge in [-0.15, -0.1) is 10.2 Å². The summed E-state index contributed by atoms with van der Waals surface area (Å²) in [6.45, 7) is 3.82. The lowest BCUT2D eigenvalue weighted by Crippen LogP contribution is -2.42. The molecule has 2 fully saturated rings. The van der Waals surface area contributed by atoms with Crippen LogP contribution in [0.2, 0.25) is 0 Å². The highest BCUT2D eigenvalue weighted by Gasteiger charge is 2.30. The zero-order chi connectivity index (χ0) is 11.1. The van der Waals surface area contributed by atoms with E-state index in [0.717, 1.165) is 18.1 Å². The molecule has 1 saturated heterocycles. The lowest BCUT2D eigenvalue weighted by Gasteiger charge is -2.33. The smallest absolute Gasteiger partial charge is 0.208 e. The maximum Gasteiger partial charge on any atom is 0.208 e. The van der Waals surface area contributed by atoms with Crippen LogP contribution in [0.25, 0.3) is 0 Å². The van der Waals surface area contributed by atoms with E-state index in [1.54, 1.807) is 11.3 Å². The largest absolute Gasteiger partial charge is 0.391 e. The van der Waals surface area contributed by atoms with Crippen LogP contribution >= 0.6 is 11.3 Å². The van der Waals surface area contributed by atoms with E-state index in [2.05, 4.69) is 22.0 Å². The molecule has 1 aromatic rings. The minimum atomic E-state index is -0.220. The lowest BCUT2D eigenvalue weighted by atomic mass is 9.96. The maximum absolute atomic E-state index is 9.85. The molecule has 0 amide bonds. The Morgan fingerprint density at radius 1 is 1.31 bits per heavy atom. The molecule has 5 heteroatoms. The second-order valence-corrected chi connectivity index (χ2v) is 5.96. The van der Waals surface area contributed by atoms with Crippen molar-refractivity contribution in [2.45, 2.75) is 38.2 Å². The minimum absolute atomic E-state index is 0.220. The number of rotatable bonds is 2. The van der Waals surface area contributed by atoms with Gasteiger partial charge in [0.15, 0.2) is 0 Å². The third kappa shape index (κ3) is 1.94. The Hall–Kier alpha value is -0.680. The Labute approximate surface area is 99.3 Å². The molecule has 1 saturated carbocycles. The molecule has 0 bridgehead atoms. The van der Waals surface area contributed by atoms with Crippen LogP contribution in [-0.4, -0.2) is 34.5 Å². The van der Waals surface area contributed by atoms with Gasteiger partial charge in [0, 0.05) is 19.0 Å². The molecule has 1 aliphatic heterocycles. The van der Waals surface area contributed by atoms with Gasteiger partial charge in [0.25, 0.3) is 0 Å². The first-order chi connectivity index (χ1) is 7.74. The molecule has 1 aromatic heterocycles.